The highest BCUT2D eigenvalue weighted by atomic mass is 32.2. The quantitative estimate of drug-likeness (QED) is 0.621. The number of carbonyl (C=O) groups excluding carboxylic acids is 2. The number of hydrogen-bond donors (Lipinski definition) is 2. The van der Waals surface area contributed by atoms with Gasteiger partial charge < -0.3 is 9.84 Å². The molecule has 0 aromatic heterocycles. The minimum absolute atomic E-state index is 0.0991. The molecule has 1 saturated heterocycles. The molecule has 2 aromatic carbocycles. The molecule has 2 aromatic rings. The van der Waals surface area contributed by atoms with Gasteiger partial charge in [-0.1, -0.05) is 23.9 Å². The minimum Gasteiger partial charge on any atom is -0.508 e. The summed E-state index contributed by atoms with van der Waals surface area (Å²) in [5.74, 6) is -0.156. The van der Waals surface area contributed by atoms with Crippen molar-refractivity contribution in [3.63, 3.8) is 0 Å². The zero-order chi connectivity index (χ0) is 18.7. The van der Waals surface area contributed by atoms with Gasteiger partial charge in [0.05, 0.1) is 12.0 Å². The lowest BCUT2D eigenvalue weighted by atomic mass is 10.2. The highest BCUT2D eigenvalue weighted by Gasteiger charge is 2.33. The van der Waals surface area contributed by atoms with Crippen LogP contribution in [0, 0.1) is 0 Å². The number of aromatic hydroxyl groups is 1. The number of carbonyl (C=O) groups is 2. The number of rotatable bonds is 4. The van der Waals surface area contributed by atoms with E-state index < -0.39 is 11.8 Å². The number of amides is 2. The third-order valence-corrected chi connectivity index (χ3v) is 4.83. The highest BCUT2D eigenvalue weighted by molar-refractivity contribution is 8.26. The molecule has 1 heterocycles. The maximum absolute atomic E-state index is 12.5. The molecule has 0 bridgehead atoms. The van der Waals surface area contributed by atoms with Crippen LogP contribution in [0.5, 0.6) is 11.5 Å². The van der Waals surface area contributed by atoms with Crippen LogP contribution in [-0.2, 0) is 4.79 Å². The van der Waals surface area contributed by atoms with Gasteiger partial charge in [-0.15, -0.1) is 0 Å². The second-order valence-corrected chi connectivity index (χ2v) is 6.96. The second kappa shape index (κ2) is 7.59. The molecule has 0 unspecified atom stereocenters. The predicted octanol–water partition coefficient (Wildman–Crippen LogP) is 2.95. The minimum atomic E-state index is -0.456. The van der Waals surface area contributed by atoms with Gasteiger partial charge in [-0.3, -0.25) is 15.0 Å². The van der Waals surface area contributed by atoms with E-state index in [0.717, 1.165) is 16.8 Å². The van der Waals surface area contributed by atoms with Gasteiger partial charge in [-0.05, 0) is 60.3 Å². The largest absolute Gasteiger partial charge is 0.508 e. The standard InChI is InChI=1S/C18H14N2O4S2/c1-24-14-7-5-12(6-8-14)16(22)19-20-17(23)15(26-18(20)25)10-11-3-2-4-13(21)9-11/h2-10,21H,1H3,(H,19,22)/b15-10+. The molecule has 1 aliphatic rings. The number of methoxy groups -OCH3 is 1. The molecule has 0 spiro atoms. The summed E-state index contributed by atoms with van der Waals surface area (Å²) in [6.45, 7) is 0. The maximum Gasteiger partial charge on any atom is 0.285 e. The third-order valence-electron chi connectivity index (χ3n) is 3.53. The normalized spacial score (nSPS) is 15.4. The summed E-state index contributed by atoms with van der Waals surface area (Å²) < 4.78 is 5.28. The van der Waals surface area contributed by atoms with Crippen molar-refractivity contribution < 1.29 is 19.4 Å². The first kappa shape index (κ1) is 18.0. The molecule has 3 rings (SSSR count). The van der Waals surface area contributed by atoms with E-state index in [1.165, 1.54) is 19.2 Å². The Kier molecular flexibility index (Phi) is 5.24. The summed E-state index contributed by atoms with van der Waals surface area (Å²) in [5.41, 5.74) is 3.54. The van der Waals surface area contributed by atoms with Crippen LogP contribution >= 0.6 is 24.0 Å². The number of thiocarbonyl (C=S) groups is 1. The number of nitrogens with zero attached hydrogens (tertiary/aromatic N) is 1. The van der Waals surface area contributed by atoms with Crippen LogP contribution in [0.3, 0.4) is 0 Å². The lowest BCUT2D eigenvalue weighted by molar-refractivity contribution is -0.123. The van der Waals surface area contributed by atoms with Crippen LogP contribution in [0.4, 0.5) is 0 Å². The van der Waals surface area contributed by atoms with Crippen molar-refractivity contribution in [1.82, 2.24) is 10.4 Å². The Hall–Kier alpha value is -2.84. The Morgan fingerprint density at radius 2 is 2.00 bits per heavy atom. The number of phenolic OH excluding ortho intramolecular Hbond substituents is 1. The van der Waals surface area contributed by atoms with Crippen LogP contribution < -0.4 is 10.2 Å². The SMILES string of the molecule is COc1ccc(C(=O)NN2C(=O)/C(=C\c3cccc(O)c3)SC2=S)cc1. The Bertz CT molecular complexity index is 910. The molecule has 0 atom stereocenters. The van der Waals surface area contributed by atoms with Gasteiger partial charge in [0.15, 0.2) is 4.32 Å². The average molecular weight is 386 g/mol. The molecular weight excluding hydrogens is 372 g/mol. The summed E-state index contributed by atoms with van der Waals surface area (Å²) in [7, 11) is 1.54. The van der Waals surface area contributed by atoms with Crippen LogP contribution in [0.2, 0.25) is 0 Å². The van der Waals surface area contributed by atoms with Crippen molar-refractivity contribution in [2.75, 3.05) is 7.11 Å². The van der Waals surface area contributed by atoms with Crippen molar-refractivity contribution in [2.24, 2.45) is 0 Å². The molecule has 0 aliphatic carbocycles. The first-order valence-corrected chi connectivity index (χ1v) is 8.72. The fourth-order valence-electron chi connectivity index (χ4n) is 2.24. The highest BCUT2D eigenvalue weighted by Crippen LogP contribution is 2.31. The number of hydrogen-bond acceptors (Lipinski definition) is 6. The van der Waals surface area contributed by atoms with Crippen LogP contribution in [0.1, 0.15) is 15.9 Å². The Balaban J connectivity index is 1.75. The van der Waals surface area contributed by atoms with Crippen molar-refractivity contribution in [3.05, 3.63) is 64.6 Å². The molecule has 26 heavy (non-hydrogen) atoms. The van der Waals surface area contributed by atoms with E-state index in [0.29, 0.717) is 21.8 Å². The van der Waals surface area contributed by atoms with Gasteiger partial charge in [0.25, 0.3) is 11.8 Å². The number of thioether (sulfide) groups is 1. The zero-order valence-corrected chi connectivity index (χ0v) is 15.3. The average Bonchev–Trinajstić information content (AvgIpc) is 2.89. The van der Waals surface area contributed by atoms with Crippen LogP contribution in [0.25, 0.3) is 6.08 Å². The first-order chi connectivity index (χ1) is 12.5. The number of nitrogens with one attached hydrogen (secondary N) is 1. The lowest BCUT2D eigenvalue weighted by Crippen LogP contribution is -2.44. The summed E-state index contributed by atoms with van der Waals surface area (Å²) >= 11 is 6.27. The topological polar surface area (TPSA) is 78.9 Å². The number of hydrazine groups is 1. The van der Waals surface area contributed by atoms with Crippen molar-refractivity contribution in [2.45, 2.75) is 0 Å². The molecular formula is C18H14N2O4S2. The molecule has 2 N–H and O–H groups in total. The Morgan fingerprint density at radius 3 is 2.65 bits per heavy atom. The summed E-state index contributed by atoms with van der Waals surface area (Å²) in [4.78, 5) is 25.2. The van der Waals surface area contributed by atoms with Crippen LogP contribution in [-0.4, -0.2) is 33.4 Å². The second-order valence-electron chi connectivity index (χ2n) is 5.28. The molecule has 132 valence electrons. The molecule has 1 fully saturated rings. The predicted molar refractivity (Wildman–Crippen MR) is 104 cm³/mol. The van der Waals surface area contributed by atoms with Gasteiger partial charge in [-0.2, -0.15) is 5.01 Å². The van der Waals surface area contributed by atoms with Crippen molar-refractivity contribution in [1.29, 1.82) is 0 Å². The number of benzene rings is 2. The van der Waals surface area contributed by atoms with E-state index >= 15 is 0 Å². The van der Waals surface area contributed by atoms with Gasteiger partial charge in [0.1, 0.15) is 11.5 Å². The molecule has 0 radical (unpaired) electrons. The van der Waals surface area contributed by atoms with E-state index in [9.17, 15) is 14.7 Å². The lowest BCUT2D eigenvalue weighted by Gasteiger charge is -2.15. The smallest absolute Gasteiger partial charge is 0.285 e. The van der Waals surface area contributed by atoms with E-state index in [4.69, 9.17) is 17.0 Å². The molecule has 2 amide bonds. The zero-order valence-electron chi connectivity index (χ0n) is 13.6. The summed E-state index contributed by atoms with van der Waals surface area (Å²) in [6, 6.07) is 13.0. The van der Waals surface area contributed by atoms with Gasteiger partial charge in [-0.25, -0.2) is 0 Å². The van der Waals surface area contributed by atoms with Crippen molar-refractivity contribution >= 4 is 46.2 Å². The first-order valence-electron chi connectivity index (χ1n) is 7.50. The van der Waals surface area contributed by atoms with E-state index in [2.05, 4.69) is 5.43 Å². The van der Waals surface area contributed by atoms with Crippen LogP contribution in [0.15, 0.2) is 53.4 Å². The van der Waals surface area contributed by atoms with Crippen molar-refractivity contribution in [3.8, 4) is 11.5 Å². The maximum atomic E-state index is 12.5. The number of ether oxygens (including phenoxy) is 1. The Morgan fingerprint density at radius 1 is 1.27 bits per heavy atom. The van der Waals surface area contributed by atoms with E-state index in [1.807, 2.05) is 0 Å². The monoisotopic (exact) mass is 386 g/mol. The third kappa shape index (κ3) is 3.87. The number of phenols is 1. The van der Waals surface area contributed by atoms with E-state index in [-0.39, 0.29) is 10.1 Å². The van der Waals surface area contributed by atoms with E-state index in [1.54, 1.807) is 42.5 Å². The molecule has 6 nitrogen and oxygen atoms in total. The fraction of sp³-hybridized carbons (Fsp3) is 0.0556. The molecule has 0 saturated carbocycles. The fourth-order valence-corrected chi connectivity index (χ4v) is 3.42. The summed E-state index contributed by atoms with van der Waals surface area (Å²) in [6.07, 6.45) is 1.61. The van der Waals surface area contributed by atoms with Gasteiger partial charge in [0.2, 0.25) is 0 Å². The summed E-state index contributed by atoms with van der Waals surface area (Å²) in [5, 5.41) is 10.6. The molecule has 1 aliphatic heterocycles. The Labute approximate surface area is 159 Å². The van der Waals surface area contributed by atoms with Gasteiger partial charge in [0, 0.05) is 5.56 Å². The van der Waals surface area contributed by atoms with Gasteiger partial charge >= 0.3 is 0 Å². The molecule has 8 heteroatoms.